The fourth-order valence-corrected chi connectivity index (χ4v) is 5.60. The van der Waals surface area contributed by atoms with Crippen LogP contribution in [0.1, 0.15) is 129 Å². The molecule has 0 aliphatic carbocycles. The number of nitrogens with zero attached hydrogens (tertiary/aromatic N) is 1. The van der Waals surface area contributed by atoms with Crippen LogP contribution in [0.5, 0.6) is 0 Å². The molecule has 0 aliphatic rings. The highest BCUT2D eigenvalue weighted by Crippen LogP contribution is 2.44. The Morgan fingerprint density at radius 3 is 1.41 bits per heavy atom. The Morgan fingerprint density at radius 1 is 0.656 bits per heavy atom. The summed E-state index contributed by atoms with van der Waals surface area (Å²) in [5, 5.41) is -0.605. The van der Waals surface area contributed by atoms with Crippen LogP contribution in [0.25, 0.3) is 0 Å². The molecule has 0 spiro atoms. The molecule has 0 aliphatic heterocycles. The van der Waals surface area contributed by atoms with Gasteiger partial charge < -0.3 is 4.89 Å². The van der Waals surface area contributed by atoms with Crippen LogP contribution in [-0.2, 0) is 4.57 Å². The molecule has 188 valence electrons. The van der Waals surface area contributed by atoms with Gasteiger partial charge in [-0.3, -0.25) is 4.48 Å². The second-order valence-electron chi connectivity index (χ2n) is 10.3. The van der Waals surface area contributed by atoms with E-state index >= 15 is 0 Å². The van der Waals surface area contributed by atoms with Crippen LogP contribution in [0.3, 0.4) is 0 Å². The summed E-state index contributed by atoms with van der Waals surface area (Å²) in [4.78, 5) is 11.9. The van der Waals surface area contributed by atoms with Gasteiger partial charge in [-0.25, -0.2) is 0 Å². The van der Waals surface area contributed by atoms with Crippen LogP contribution in [0, 0.1) is 0 Å². The van der Waals surface area contributed by atoms with Gasteiger partial charge in [-0.2, -0.15) is 0 Å². The predicted molar refractivity (Wildman–Crippen MR) is 141 cm³/mol. The summed E-state index contributed by atoms with van der Waals surface area (Å²) in [7, 11) is 3.61. The van der Waals surface area contributed by atoms with Gasteiger partial charge in [-0.15, -0.1) is 0 Å². The summed E-state index contributed by atoms with van der Waals surface area (Å²) in [6.45, 7) is 4.27. The van der Waals surface area contributed by atoms with Crippen LogP contribution in [-0.4, -0.2) is 30.9 Å². The molecule has 2 atom stereocenters. The highest BCUT2D eigenvalue weighted by molar-refractivity contribution is 7.38. The molecule has 0 amide bonds. The van der Waals surface area contributed by atoms with E-state index in [4.69, 9.17) is 0 Å². The molecule has 0 aromatic rings. The molecular weight excluding hydrogens is 413 g/mol. The molecule has 3 nitrogen and oxygen atoms in total. The van der Waals surface area contributed by atoms with E-state index in [1.54, 1.807) is 0 Å². The lowest BCUT2D eigenvalue weighted by Crippen LogP contribution is -2.55. The second kappa shape index (κ2) is 19.9. The summed E-state index contributed by atoms with van der Waals surface area (Å²) in [6, 6.07) is 0. The molecular formula is C28H55NO2P+. The van der Waals surface area contributed by atoms with Crippen molar-refractivity contribution in [2.45, 2.75) is 135 Å². The van der Waals surface area contributed by atoms with Crippen molar-refractivity contribution in [2.24, 2.45) is 0 Å². The Morgan fingerprint density at radius 2 is 1.03 bits per heavy atom. The van der Waals surface area contributed by atoms with Crippen molar-refractivity contribution in [3.63, 3.8) is 0 Å². The minimum absolute atomic E-state index is 0.506. The first-order valence-electron chi connectivity index (χ1n) is 13.6. The third kappa shape index (κ3) is 14.6. The quantitative estimate of drug-likeness (QED) is 0.0690. The summed E-state index contributed by atoms with van der Waals surface area (Å²) >= 11 is 0. The standard InChI is InChI=1S/C28H55NO2P/c1-6-8-9-10-11-12-13-14-15-16-17-18-19-20-21-22-23-24-25-26-27-28(7-2,32(30)31)29(3,4)5/h11-12,17-18H,6-10,13-16,19-27H2,1-5H3/q+1. The van der Waals surface area contributed by atoms with Gasteiger partial charge in [0.15, 0.2) is 0 Å². The van der Waals surface area contributed by atoms with Gasteiger partial charge in [0.1, 0.15) is 0 Å². The Labute approximate surface area is 202 Å². The van der Waals surface area contributed by atoms with Crippen LogP contribution >= 0.6 is 8.03 Å². The van der Waals surface area contributed by atoms with Gasteiger partial charge in [-0.05, 0) is 57.8 Å². The Balaban J connectivity index is 3.58. The molecule has 0 N–H and O–H groups in total. The van der Waals surface area contributed by atoms with E-state index in [9.17, 15) is 9.46 Å². The molecule has 0 aromatic heterocycles. The molecule has 4 heteroatoms. The Hall–Kier alpha value is -0.500. The summed E-state index contributed by atoms with van der Waals surface area (Å²) < 4.78 is 12.5. The van der Waals surface area contributed by atoms with Gasteiger partial charge in [0, 0.05) is 12.8 Å². The first-order valence-corrected chi connectivity index (χ1v) is 14.8. The molecule has 0 heterocycles. The third-order valence-electron chi connectivity index (χ3n) is 6.90. The minimum Gasteiger partial charge on any atom is -0.590 e. The third-order valence-corrected chi connectivity index (χ3v) is 8.72. The van der Waals surface area contributed by atoms with Crippen LogP contribution < -0.4 is 4.89 Å². The highest BCUT2D eigenvalue weighted by atomic mass is 31.1. The molecule has 2 unspecified atom stereocenters. The van der Waals surface area contributed by atoms with Crippen LogP contribution in [0.2, 0.25) is 0 Å². The Kier molecular flexibility index (Phi) is 19.6. The van der Waals surface area contributed by atoms with Crippen molar-refractivity contribution in [2.75, 3.05) is 21.1 Å². The number of allylic oxidation sites excluding steroid dienone is 4. The monoisotopic (exact) mass is 468 g/mol. The van der Waals surface area contributed by atoms with Gasteiger partial charge >= 0.3 is 8.03 Å². The lowest BCUT2D eigenvalue weighted by Gasteiger charge is -2.39. The fraction of sp³-hybridized carbons (Fsp3) is 0.857. The summed E-state index contributed by atoms with van der Waals surface area (Å²) in [6.07, 6.45) is 31.2. The van der Waals surface area contributed by atoms with E-state index in [-0.39, 0.29) is 0 Å². The van der Waals surface area contributed by atoms with Crippen molar-refractivity contribution in [3.8, 4) is 0 Å². The van der Waals surface area contributed by atoms with E-state index in [1.807, 2.05) is 28.1 Å². The van der Waals surface area contributed by atoms with E-state index in [2.05, 4.69) is 31.2 Å². The van der Waals surface area contributed by atoms with E-state index in [0.717, 1.165) is 19.3 Å². The van der Waals surface area contributed by atoms with Gasteiger partial charge in [0.25, 0.3) is 5.28 Å². The highest BCUT2D eigenvalue weighted by Gasteiger charge is 2.52. The maximum absolute atomic E-state index is 11.9. The minimum atomic E-state index is -2.42. The van der Waals surface area contributed by atoms with Gasteiger partial charge in [-0.1, -0.05) is 87.7 Å². The van der Waals surface area contributed by atoms with Crippen molar-refractivity contribution >= 4 is 8.03 Å². The number of hydrogen-bond donors (Lipinski definition) is 0. The normalized spacial score (nSPS) is 15.0. The maximum Gasteiger partial charge on any atom is 0.376 e. The fourth-order valence-electron chi connectivity index (χ4n) is 4.51. The topological polar surface area (TPSA) is 40.1 Å². The number of unbranched alkanes of at least 4 members (excludes halogenated alkanes) is 13. The predicted octanol–water partition coefficient (Wildman–Crippen LogP) is 8.67. The Bertz CT molecular complexity index is 510. The summed E-state index contributed by atoms with van der Waals surface area (Å²) in [5.41, 5.74) is 0. The zero-order chi connectivity index (χ0) is 24.1. The van der Waals surface area contributed by atoms with Gasteiger partial charge in [0.05, 0.1) is 21.1 Å². The molecule has 0 bridgehead atoms. The van der Waals surface area contributed by atoms with E-state index < -0.39 is 13.3 Å². The van der Waals surface area contributed by atoms with Crippen molar-refractivity contribution in [1.82, 2.24) is 0 Å². The van der Waals surface area contributed by atoms with Crippen molar-refractivity contribution in [3.05, 3.63) is 24.3 Å². The smallest absolute Gasteiger partial charge is 0.376 e. The average Bonchev–Trinajstić information content (AvgIpc) is 2.74. The zero-order valence-electron chi connectivity index (χ0n) is 22.2. The lowest BCUT2D eigenvalue weighted by molar-refractivity contribution is -0.910. The lowest BCUT2D eigenvalue weighted by atomic mass is 10.0. The number of rotatable bonds is 22. The molecule has 32 heavy (non-hydrogen) atoms. The number of quaternary nitrogens is 1. The second-order valence-corrected chi connectivity index (χ2v) is 11.7. The SMILES string of the molecule is CCCCCC=CCCCCC=CCCCCCCCCCC(CC)([P+](=O)[O-])[N+](C)(C)C. The zero-order valence-corrected chi connectivity index (χ0v) is 23.1. The van der Waals surface area contributed by atoms with E-state index in [1.165, 1.54) is 89.9 Å². The van der Waals surface area contributed by atoms with Crippen molar-refractivity contribution < 1.29 is 13.9 Å². The maximum atomic E-state index is 11.9. The summed E-state index contributed by atoms with van der Waals surface area (Å²) in [5.74, 6) is 0. The first-order chi connectivity index (χ1) is 15.3. The van der Waals surface area contributed by atoms with Crippen molar-refractivity contribution in [1.29, 1.82) is 0 Å². The van der Waals surface area contributed by atoms with E-state index in [0.29, 0.717) is 10.9 Å². The molecule has 0 saturated carbocycles. The average molecular weight is 469 g/mol. The van der Waals surface area contributed by atoms with Gasteiger partial charge in [0.2, 0.25) is 0 Å². The largest absolute Gasteiger partial charge is 0.590 e. The molecule has 0 aromatic carbocycles. The molecule has 0 saturated heterocycles. The molecule has 0 radical (unpaired) electrons. The van der Waals surface area contributed by atoms with Crippen LogP contribution in [0.15, 0.2) is 24.3 Å². The molecule has 0 rings (SSSR count). The first kappa shape index (κ1) is 31.5. The number of hydrogen-bond acceptors (Lipinski definition) is 2. The van der Waals surface area contributed by atoms with Crippen LogP contribution in [0.4, 0.5) is 0 Å². The molecule has 0 fully saturated rings.